The van der Waals surface area contributed by atoms with Gasteiger partial charge in [-0.15, -0.1) is 22.7 Å². The van der Waals surface area contributed by atoms with E-state index in [1.165, 1.54) is 16.2 Å². The molecular weight excluding hydrogens is 254 g/mol. The summed E-state index contributed by atoms with van der Waals surface area (Å²) < 4.78 is 0. The largest absolute Gasteiger partial charge is 0.323 e. The van der Waals surface area contributed by atoms with Crippen molar-refractivity contribution in [3.63, 3.8) is 0 Å². The number of nitrogens with zero attached hydrogens (tertiary/aromatic N) is 2. The first kappa shape index (κ1) is 12.1. The average molecular weight is 267 g/mol. The number of urea groups is 1. The molecule has 2 amide bonds. The van der Waals surface area contributed by atoms with Crippen molar-refractivity contribution in [1.82, 2.24) is 9.88 Å². The highest BCUT2D eigenvalue weighted by Crippen LogP contribution is 2.14. The number of nitrogens with one attached hydrogen (secondary N) is 1. The second kappa shape index (κ2) is 5.79. The molecule has 0 atom stereocenters. The number of hydrogen-bond acceptors (Lipinski definition) is 4. The van der Waals surface area contributed by atoms with Crippen molar-refractivity contribution >= 4 is 33.8 Å². The summed E-state index contributed by atoms with van der Waals surface area (Å²) in [5.74, 6) is 0. The number of thiophene rings is 1. The van der Waals surface area contributed by atoms with Gasteiger partial charge in [0.25, 0.3) is 0 Å². The van der Waals surface area contributed by atoms with Gasteiger partial charge >= 0.3 is 6.03 Å². The molecule has 0 aliphatic heterocycles. The fourth-order valence-electron chi connectivity index (χ4n) is 1.37. The third-order valence-corrected chi connectivity index (χ3v) is 3.79. The molecule has 2 rings (SSSR count). The van der Waals surface area contributed by atoms with Crippen LogP contribution in [0.4, 0.5) is 9.93 Å². The van der Waals surface area contributed by atoms with E-state index in [0.29, 0.717) is 18.2 Å². The summed E-state index contributed by atoms with van der Waals surface area (Å²) >= 11 is 3.08. The van der Waals surface area contributed by atoms with Gasteiger partial charge < -0.3 is 4.90 Å². The van der Waals surface area contributed by atoms with Gasteiger partial charge in [0.2, 0.25) is 0 Å². The summed E-state index contributed by atoms with van der Waals surface area (Å²) in [5, 5.41) is 7.28. The minimum absolute atomic E-state index is 0.101. The Morgan fingerprint density at radius 1 is 1.47 bits per heavy atom. The Morgan fingerprint density at radius 2 is 2.35 bits per heavy atom. The Kier molecular flexibility index (Phi) is 4.11. The minimum Gasteiger partial charge on any atom is -0.320 e. The van der Waals surface area contributed by atoms with E-state index in [1.54, 1.807) is 22.4 Å². The fraction of sp³-hybridized carbons (Fsp3) is 0.273. The zero-order valence-electron chi connectivity index (χ0n) is 9.42. The van der Waals surface area contributed by atoms with Crippen LogP contribution in [0, 0.1) is 0 Å². The van der Waals surface area contributed by atoms with Crippen molar-refractivity contribution in [1.29, 1.82) is 0 Å². The lowest BCUT2D eigenvalue weighted by atomic mass is 10.4. The lowest BCUT2D eigenvalue weighted by Crippen LogP contribution is -2.33. The van der Waals surface area contributed by atoms with Gasteiger partial charge in [0.05, 0.1) is 6.54 Å². The summed E-state index contributed by atoms with van der Waals surface area (Å²) in [4.78, 5) is 18.9. The standard InChI is InChI=1S/C11H13N3OS2/c1-2-14(8-9-4-3-6-16-9)11(15)13-10-12-5-7-17-10/h3-7H,2,8H2,1H3,(H,12,13,15). The van der Waals surface area contributed by atoms with Crippen LogP contribution in [0.1, 0.15) is 11.8 Å². The number of thiazole rings is 1. The van der Waals surface area contributed by atoms with Gasteiger partial charge in [0, 0.05) is 23.0 Å². The van der Waals surface area contributed by atoms with E-state index < -0.39 is 0 Å². The Morgan fingerprint density at radius 3 is 2.94 bits per heavy atom. The third-order valence-electron chi connectivity index (χ3n) is 2.24. The average Bonchev–Trinajstić information content (AvgIpc) is 2.97. The van der Waals surface area contributed by atoms with E-state index in [1.807, 2.05) is 29.8 Å². The molecule has 0 aromatic carbocycles. The highest BCUT2D eigenvalue weighted by atomic mass is 32.1. The molecule has 2 heterocycles. The van der Waals surface area contributed by atoms with Crippen LogP contribution in [0.5, 0.6) is 0 Å². The number of rotatable bonds is 4. The summed E-state index contributed by atoms with van der Waals surface area (Å²) in [6, 6.07) is 3.92. The van der Waals surface area contributed by atoms with Gasteiger partial charge in [-0.3, -0.25) is 5.32 Å². The van der Waals surface area contributed by atoms with E-state index in [-0.39, 0.29) is 6.03 Å². The molecule has 0 saturated heterocycles. The predicted molar refractivity (Wildman–Crippen MR) is 71.5 cm³/mol. The minimum atomic E-state index is -0.101. The van der Waals surface area contributed by atoms with Crippen LogP contribution in [0.2, 0.25) is 0 Å². The predicted octanol–water partition coefficient (Wildman–Crippen LogP) is 3.26. The maximum Gasteiger partial charge on any atom is 0.323 e. The van der Waals surface area contributed by atoms with Crippen molar-refractivity contribution in [2.75, 3.05) is 11.9 Å². The molecule has 0 aliphatic rings. The van der Waals surface area contributed by atoms with Crippen LogP contribution >= 0.6 is 22.7 Å². The van der Waals surface area contributed by atoms with E-state index in [0.717, 1.165) is 0 Å². The van der Waals surface area contributed by atoms with Crippen LogP contribution in [0.15, 0.2) is 29.1 Å². The monoisotopic (exact) mass is 267 g/mol. The molecule has 0 saturated carbocycles. The Hall–Kier alpha value is -1.40. The van der Waals surface area contributed by atoms with Gasteiger partial charge in [-0.1, -0.05) is 6.07 Å². The number of anilines is 1. The number of carbonyl (C=O) groups is 1. The highest BCUT2D eigenvalue weighted by molar-refractivity contribution is 7.13. The van der Waals surface area contributed by atoms with E-state index >= 15 is 0 Å². The van der Waals surface area contributed by atoms with E-state index in [4.69, 9.17) is 0 Å². The number of hydrogen-bond donors (Lipinski definition) is 1. The lowest BCUT2D eigenvalue weighted by Gasteiger charge is -2.19. The number of aromatic nitrogens is 1. The number of amides is 2. The molecule has 1 N–H and O–H groups in total. The van der Waals surface area contributed by atoms with Crippen LogP contribution in [0.3, 0.4) is 0 Å². The van der Waals surface area contributed by atoms with Crippen molar-refractivity contribution in [3.8, 4) is 0 Å². The maximum atomic E-state index is 12.0. The van der Waals surface area contributed by atoms with Gasteiger partial charge in [0.1, 0.15) is 0 Å². The zero-order chi connectivity index (χ0) is 12.1. The normalized spacial score (nSPS) is 10.2. The molecule has 0 radical (unpaired) electrons. The SMILES string of the molecule is CCN(Cc1cccs1)C(=O)Nc1nccs1. The van der Waals surface area contributed by atoms with E-state index in [9.17, 15) is 4.79 Å². The van der Waals surface area contributed by atoms with Crippen LogP contribution in [-0.2, 0) is 6.54 Å². The second-order valence-electron chi connectivity index (χ2n) is 3.36. The number of carbonyl (C=O) groups excluding carboxylic acids is 1. The first-order valence-corrected chi connectivity index (χ1v) is 7.03. The topological polar surface area (TPSA) is 45.2 Å². The summed E-state index contributed by atoms with van der Waals surface area (Å²) in [6.45, 7) is 3.29. The molecule has 90 valence electrons. The van der Waals surface area contributed by atoms with Crippen molar-refractivity contribution < 1.29 is 4.79 Å². The van der Waals surface area contributed by atoms with Crippen molar-refractivity contribution in [2.24, 2.45) is 0 Å². The molecule has 0 fully saturated rings. The molecule has 17 heavy (non-hydrogen) atoms. The highest BCUT2D eigenvalue weighted by Gasteiger charge is 2.13. The second-order valence-corrected chi connectivity index (χ2v) is 5.29. The van der Waals surface area contributed by atoms with Crippen molar-refractivity contribution in [2.45, 2.75) is 13.5 Å². The van der Waals surface area contributed by atoms with Crippen molar-refractivity contribution in [3.05, 3.63) is 34.0 Å². The van der Waals surface area contributed by atoms with Crippen LogP contribution in [0.25, 0.3) is 0 Å². The first-order chi connectivity index (χ1) is 8.29. The Balaban J connectivity index is 1.96. The molecule has 0 bridgehead atoms. The van der Waals surface area contributed by atoms with Crippen LogP contribution < -0.4 is 5.32 Å². The Labute approximate surface area is 108 Å². The molecule has 2 aromatic heterocycles. The van der Waals surface area contributed by atoms with E-state index in [2.05, 4.69) is 10.3 Å². The Bertz CT molecular complexity index is 453. The maximum absolute atomic E-state index is 12.0. The quantitative estimate of drug-likeness (QED) is 0.924. The summed E-state index contributed by atoms with van der Waals surface area (Å²) in [7, 11) is 0. The molecular formula is C11H13N3OS2. The molecule has 0 spiro atoms. The van der Waals surface area contributed by atoms with Gasteiger partial charge in [0.15, 0.2) is 5.13 Å². The molecule has 2 aromatic rings. The fourth-order valence-corrected chi connectivity index (χ4v) is 2.61. The van der Waals surface area contributed by atoms with Crippen LogP contribution in [-0.4, -0.2) is 22.5 Å². The van der Waals surface area contributed by atoms with Gasteiger partial charge in [-0.25, -0.2) is 9.78 Å². The third kappa shape index (κ3) is 3.28. The molecule has 6 heteroatoms. The molecule has 0 aliphatic carbocycles. The van der Waals surface area contributed by atoms with Gasteiger partial charge in [-0.05, 0) is 18.4 Å². The smallest absolute Gasteiger partial charge is 0.320 e. The summed E-state index contributed by atoms with van der Waals surface area (Å²) in [5.41, 5.74) is 0. The zero-order valence-corrected chi connectivity index (χ0v) is 11.1. The summed E-state index contributed by atoms with van der Waals surface area (Å²) in [6.07, 6.45) is 1.68. The molecule has 4 nitrogen and oxygen atoms in total. The lowest BCUT2D eigenvalue weighted by molar-refractivity contribution is 0.212. The van der Waals surface area contributed by atoms with Gasteiger partial charge in [-0.2, -0.15) is 0 Å². The first-order valence-electron chi connectivity index (χ1n) is 5.27. The molecule has 0 unspecified atom stereocenters.